The summed E-state index contributed by atoms with van der Waals surface area (Å²) in [6.45, 7) is 1.44. The third kappa shape index (κ3) is 0.797. The van der Waals surface area contributed by atoms with Crippen LogP contribution < -0.4 is 0 Å². The molecule has 3 heterocycles. The van der Waals surface area contributed by atoms with Crippen LogP contribution in [0.15, 0.2) is 30.3 Å². The molecule has 16 heavy (non-hydrogen) atoms. The number of hydrogen-bond donors (Lipinski definition) is 0. The second-order valence-corrected chi connectivity index (χ2v) is 5.36. The van der Waals surface area contributed by atoms with Crippen molar-refractivity contribution in [1.82, 2.24) is 4.90 Å². The average molecular weight is 215 g/mol. The van der Waals surface area contributed by atoms with Crippen LogP contribution in [0.25, 0.3) is 0 Å². The van der Waals surface area contributed by atoms with Crippen molar-refractivity contribution in [2.24, 2.45) is 0 Å². The van der Waals surface area contributed by atoms with E-state index in [9.17, 15) is 4.79 Å². The van der Waals surface area contributed by atoms with Crippen LogP contribution in [0.4, 0.5) is 4.79 Å². The quantitative estimate of drug-likeness (QED) is 0.716. The van der Waals surface area contributed by atoms with Gasteiger partial charge < -0.3 is 4.74 Å². The fourth-order valence-corrected chi connectivity index (χ4v) is 3.78. The summed E-state index contributed by atoms with van der Waals surface area (Å²) in [6.07, 6.45) is 2.04. The van der Waals surface area contributed by atoms with Gasteiger partial charge in [0, 0.05) is 12.0 Å². The van der Waals surface area contributed by atoms with E-state index < -0.39 is 0 Å². The van der Waals surface area contributed by atoms with E-state index in [2.05, 4.69) is 24.3 Å². The lowest BCUT2D eigenvalue weighted by atomic mass is 9.59. The zero-order chi connectivity index (χ0) is 10.8. The van der Waals surface area contributed by atoms with Gasteiger partial charge in [0.1, 0.15) is 6.61 Å². The molecule has 0 aromatic heterocycles. The molecule has 0 atom stereocenters. The Labute approximate surface area is 94.0 Å². The number of rotatable bonds is 1. The van der Waals surface area contributed by atoms with Crippen molar-refractivity contribution in [3.05, 3.63) is 35.9 Å². The Kier molecular flexibility index (Phi) is 1.30. The molecule has 3 saturated heterocycles. The number of hydrogen-bond acceptors (Lipinski definition) is 2. The Bertz CT molecular complexity index is 462. The lowest BCUT2D eigenvalue weighted by Crippen LogP contribution is -2.50. The lowest BCUT2D eigenvalue weighted by Gasteiger charge is -2.44. The number of cyclic esters (lactones) is 1. The number of carbonyl (C=O) groups is 1. The van der Waals surface area contributed by atoms with Crippen LogP contribution >= 0.6 is 0 Å². The number of benzene rings is 1. The van der Waals surface area contributed by atoms with Gasteiger partial charge in [-0.3, -0.25) is 4.90 Å². The van der Waals surface area contributed by atoms with E-state index in [-0.39, 0.29) is 17.0 Å². The molecule has 3 heteroatoms. The standard InChI is InChI=1S/C13H13NO2/c15-11-14-8-12(10-4-2-1-3-5-10)6-13(14,7-12)9-16-11/h1-5H,6-9H2. The molecule has 0 N–H and O–H groups in total. The second kappa shape index (κ2) is 2.42. The van der Waals surface area contributed by atoms with Crippen LogP contribution in [0, 0.1) is 0 Å². The highest BCUT2D eigenvalue weighted by atomic mass is 16.6. The number of ether oxygens (including phenoxy) is 1. The van der Waals surface area contributed by atoms with Gasteiger partial charge in [-0.25, -0.2) is 4.79 Å². The molecule has 1 amide bonds. The maximum absolute atomic E-state index is 11.6. The van der Waals surface area contributed by atoms with E-state index in [0.717, 1.165) is 19.4 Å². The normalized spacial score (nSPS) is 39.2. The van der Waals surface area contributed by atoms with Gasteiger partial charge in [-0.1, -0.05) is 30.3 Å². The number of nitrogens with zero attached hydrogens (tertiary/aromatic N) is 1. The van der Waals surface area contributed by atoms with E-state index in [1.807, 2.05) is 11.0 Å². The molecule has 5 rings (SSSR count). The van der Waals surface area contributed by atoms with Crippen LogP contribution in [0.3, 0.4) is 0 Å². The predicted octanol–water partition coefficient (Wildman–Crippen LogP) is 1.92. The minimum Gasteiger partial charge on any atom is -0.447 e. The summed E-state index contributed by atoms with van der Waals surface area (Å²) in [5, 5.41) is 0. The Morgan fingerprint density at radius 1 is 1.19 bits per heavy atom. The first-order valence-corrected chi connectivity index (χ1v) is 5.74. The van der Waals surface area contributed by atoms with Crippen LogP contribution in [0.5, 0.6) is 0 Å². The molecular weight excluding hydrogens is 202 g/mol. The van der Waals surface area contributed by atoms with Crippen LogP contribution in [0.2, 0.25) is 0 Å². The van der Waals surface area contributed by atoms with Crippen LogP contribution in [-0.2, 0) is 10.2 Å². The maximum Gasteiger partial charge on any atom is 0.410 e. The average Bonchev–Trinajstić information content (AvgIpc) is 2.86. The highest BCUT2D eigenvalue weighted by molar-refractivity contribution is 5.74. The first-order valence-electron chi connectivity index (χ1n) is 5.74. The van der Waals surface area contributed by atoms with Crippen molar-refractivity contribution in [2.75, 3.05) is 13.2 Å². The maximum atomic E-state index is 11.6. The third-order valence-corrected chi connectivity index (χ3v) is 4.44. The third-order valence-electron chi connectivity index (χ3n) is 4.44. The van der Waals surface area contributed by atoms with Crippen molar-refractivity contribution in [3.63, 3.8) is 0 Å². The van der Waals surface area contributed by atoms with E-state index in [1.165, 1.54) is 5.56 Å². The zero-order valence-electron chi connectivity index (χ0n) is 8.98. The van der Waals surface area contributed by atoms with E-state index >= 15 is 0 Å². The molecule has 3 nitrogen and oxygen atoms in total. The Hall–Kier alpha value is -1.51. The van der Waals surface area contributed by atoms with Crippen molar-refractivity contribution in [1.29, 1.82) is 0 Å². The molecule has 82 valence electrons. The highest BCUT2D eigenvalue weighted by Crippen LogP contribution is 2.62. The summed E-state index contributed by atoms with van der Waals surface area (Å²) >= 11 is 0. The Balaban J connectivity index is 1.73. The molecule has 4 aliphatic rings. The molecule has 4 fully saturated rings. The molecule has 1 aliphatic carbocycles. The SMILES string of the molecule is O=C1OCC23CC(c4ccccc4)(CN12)C3. The van der Waals surface area contributed by atoms with Gasteiger partial charge in [-0.15, -0.1) is 0 Å². The van der Waals surface area contributed by atoms with Crippen molar-refractivity contribution >= 4 is 6.09 Å². The van der Waals surface area contributed by atoms with Crippen LogP contribution in [-0.4, -0.2) is 29.7 Å². The van der Waals surface area contributed by atoms with Gasteiger partial charge in [0.05, 0.1) is 5.54 Å². The summed E-state index contributed by atoms with van der Waals surface area (Å²) < 4.78 is 5.13. The summed E-state index contributed by atoms with van der Waals surface area (Å²) in [5.41, 5.74) is 1.65. The first-order chi connectivity index (χ1) is 7.74. The summed E-state index contributed by atoms with van der Waals surface area (Å²) in [7, 11) is 0. The van der Waals surface area contributed by atoms with E-state index in [1.54, 1.807) is 0 Å². The van der Waals surface area contributed by atoms with Crippen LogP contribution in [0.1, 0.15) is 18.4 Å². The monoisotopic (exact) mass is 215 g/mol. The summed E-state index contributed by atoms with van der Waals surface area (Å²) in [4.78, 5) is 13.5. The highest BCUT2D eigenvalue weighted by Gasteiger charge is 2.70. The lowest BCUT2D eigenvalue weighted by molar-refractivity contribution is 0.118. The topological polar surface area (TPSA) is 29.5 Å². The molecule has 3 aliphatic heterocycles. The molecule has 1 spiro atoms. The minimum atomic E-state index is -0.115. The van der Waals surface area contributed by atoms with Crippen molar-refractivity contribution < 1.29 is 9.53 Å². The summed E-state index contributed by atoms with van der Waals surface area (Å²) in [6, 6.07) is 10.6. The fraction of sp³-hybridized carbons (Fsp3) is 0.462. The summed E-state index contributed by atoms with van der Waals surface area (Å²) in [5.74, 6) is 0. The molecule has 1 aromatic carbocycles. The molecule has 1 aromatic rings. The number of amides is 1. The Morgan fingerprint density at radius 3 is 2.62 bits per heavy atom. The van der Waals surface area contributed by atoms with Crippen molar-refractivity contribution in [2.45, 2.75) is 23.8 Å². The van der Waals surface area contributed by atoms with Crippen molar-refractivity contribution in [3.8, 4) is 0 Å². The molecular formula is C13H13NO2. The zero-order valence-corrected chi connectivity index (χ0v) is 8.98. The molecule has 0 unspecified atom stereocenters. The second-order valence-electron chi connectivity index (χ2n) is 5.36. The van der Waals surface area contributed by atoms with Gasteiger partial charge in [-0.2, -0.15) is 0 Å². The largest absolute Gasteiger partial charge is 0.447 e. The van der Waals surface area contributed by atoms with E-state index in [0.29, 0.717) is 6.61 Å². The Morgan fingerprint density at radius 2 is 1.94 bits per heavy atom. The first kappa shape index (κ1) is 8.62. The van der Waals surface area contributed by atoms with Gasteiger partial charge in [0.15, 0.2) is 0 Å². The molecule has 2 bridgehead atoms. The van der Waals surface area contributed by atoms with Gasteiger partial charge >= 0.3 is 6.09 Å². The predicted molar refractivity (Wildman–Crippen MR) is 58.1 cm³/mol. The number of carbonyl (C=O) groups excluding carboxylic acids is 1. The molecule has 1 saturated carbocycles. The molecule has 0 radical (unpaired) electrons. The van der Waals surface area contributed by atoms with E-state index in [4.69, 9.17) is 4.74 Å². The minimum absolute atomic E-state index is 0.0485. The fourth-order valence-electron chi connectivity index (χ4n) is 3.78. The van der Waals surface area contributed by atoms with Gasteiger partial charge in [0.2, 0.25) is 0 Å². The smallest absolute Gasteiger partial charge is 0.410 e. The van der Waals surface area contributed by atoms with Gasteiger partial charge in [-0.05, 0) is 18.4 Å². The van der Waals surface area contributed by atoms with Gasteiger partial charge in [0.25, 0.3) is 0 Å².